The predicted octanol–water partition coefficient (Wildman–Crippen LogP) is 3.93. The summed E-state index contributed by atoms with van der Waals surface area (Å²) in [6.07, 6.45) is 1.93. The fourth-order valence-corrected chi connectivity index (χ4v) is 2.52. The second kappa shape index (κ2) is 9.05. The smallest absolute Gasteiger partial charge is 0.306 e. The summed E-state index contributed by atoms with van der Waals surface area (Å²) in [5.41, 5.74) is 0.607. The van der Waals surface area contributed by atoms with Crippen LogP contribution in [0, 0.1) is 10.1 Å². The van der Waals surface area contributed by atoms with Gasteiger partial charge in [0.25, 0.3) is 0 Å². The summed E-state index contributed by atoms with van der Waals surface area (Å²) in [5.74, 6) is -0.000663. The molecular weight excluding hydrogens is 326 g/mol. The Balaban J connectivity index is 2.20. The number of ether oxygens (including phenoxy) is 2. The van der Waals surface area contributed by atoms with E-state index in [1.807, 2.05) is 6.07 Å². The topological polar surface area (TPSA) is 91.8 Å². The average Bonchev–Trinajstić information content (AvgIpc) is 2.97. The Morgan fingerprint density at radius 1 is 1.32 bits per heavy atom. The van der Waals surface area contributed by atoms with Gasteiger partial charge in [-0.2, -0.15) is 0 Å². The molecule has 0 bridgehead atoms. The Morgan fingerprint density at radius 2 is 2.12 bits per heavy atom. The maximum absolute atomic E-state index is 11.7. The molecule has 25 heavy (non-hydrogen) atoms. The fourth-order valence-electron chi connectivity index (χ4n) is 2.52. The van der Waals surface area contributed by atoms with Crippen molar-refractivity contribution in [3.63, 3.8) is 0 Å². The Kier molecular flexibility index (Phi) is 6.80. The third-order valence-corrected chi connectivity index (χ3v) is 3.76. The second-order valence-corrected chi connectivity index (χ2v) is 5.77. The molecule has 1 heterocycles. The van der Waals surface area contributed by atoms with Crippen molar-refractivity contribution in [3.05, 3.63) is 40.1 Å². The largest absolute Gasteiger partial charge is 0.494 e. The number of carbonyl (C=O) groups is 1. The molecule has 1 unspecified atom stereocenters. The molecule has 0 aliphatic carbocycles. The molecule has 1 aromatic heterocycles. The maximum Gasteiger partial charge on any atom is 0.306 e. The number of unbranched alkanes of at least 4 members (excludes halogenated alkanes) is 1. The number of nitrogens with zero attached hydrogens (tertiary/aromatic N) is 1. The van der Waals surface area contributed by atoms with Gasteiger partial charge in [-0.3, -0.25) is 14.9 Å². The van der Waals surface area contributed by atoms with E-state index in [1.165, 1.54) is 0 Å². The van der Waals surface area contributed by atoms with Crippen LogP contribution in [-0.4, -0.2) is 30.7 Å². The van der Waals surface area contributed by atoms with Crippen molar-refractivity contribution in [3.8, 4) is 5.75 Å². The first kappa shape index (κ1) is 18.8. The molecule has 0 amide bonds. The highest BCUT2D eigenvalue weighted by Crippen LogP contribution is 2.30. The van der Waals surface area contributed by atoms with Crippen LogP contribution in [-0.2, 0) is 9.53 Å². The SMILES string of the molecule is CCCCOc1ccc2oc(C(CC(=O)OCC)C[N+](=O)[O-])cc2c1. The zero-order valence-electron chi connectivity index (χ0n) is 14.5. The minimum absolute atomic E-state index is 0.0888. The quantitative estimate of drug-likeness (QED) is 0.279. The highest BCUT2D eigenvalue weighted by atomic mass is 16.6. The van der Waals surface area contributed by atoms with E-state index < -0.39 is 23.4 Å². The summed E-state index contributed by atoms with van der Waals surface area (Å²) in [6.45, 7) is 4.27. The van der Waals surface area contributed by atoms with Gasteiger partial charge in [0.05, 0.1) is 25.6 Å². The van der Waals surface area contributed by atoms with Crippen molar-refractivity contribution in [1.29, 1.82) is 0 Å². The average molecular weight is 349 g/mol. The van der Waals surface area contributed by atoms with Crippen molar-refractivity contribution in [2.45, 2.75) is 39.0 Å². The lowest BCUT2D eigenvalue weighted by atomic mass is 10.0. The molecule has 136 valence electrons. The van der Waals surface area contributed by atoms with E-state index in [0.717, 1.165) is 24.0 Å². The Labute approximate surface area is 146 Å². The zero-order chi connectivity index (χ0) is 18.2. The van der Waals surface area contributed by atoms with Gasteiger partial charge in [0, 0.05) is 10.3 Å². The standard InChI is InChI=1S/C18H23NO6/c1-3-5-8-24-15-6-7-16-13(9-15)10-17(25-16)14(12-19(21)22)11-18(20)23-4-2/h6-7,9-10,14H,3-5,8,11-12H2,1-2H3. The van der Waals surface area contributed by atoms with Gasteiger partial charge in [-0.05, 0) is 37.6 Å². The van der Waals surface area contributed by atoms with Crippen LogP contribution in [0.3, 0.4) is 0 Å². The van der Waals surface area contributed by atoms with Gasteiger partial charge in [0.15, 0.2) is 0 Å². The molecule has 0 radical (unpaired) electrons. The van der Waals surface area contributed by atoms with Gasteiger partial charge in [-0.25, -0.2) is 0 Å². The van der Waals surface area contributed by atoms with Crippen molar-refractivity contribution in [2.24, 2.45) is 0 Å². The number of hydrogen-bond donors (Lipinski definition) is 0. The fraction of sp³-hybridized carbons (Fsp3) is 0.500. The molecule has 0 aliphatic heterocycles. The van der Waals surface area contributed by atoms with Crippen LogP contribution < -0.4 is 4.74 Å². The number of nitro groups is 1. The van der Waals surface area contributed by atoms with Crippen LogP contribution in [0.5, 0.6) is 5.75 Å². The summed E-state index contributed by atoms with van der Waals surface area (Å²) < 4.78 is 16.3. The van der Waals surface area contributed by atoms with Gasteiger partial charge in [-0.1, -0.05) is 13.3 Å². The Hall–Kier alpha value is -2.57. The van der Waals surface area contributed by atoms with Crippen LogP contribution in [0.15, 0.2) is 28.7 Å². The van der Waals surface area contributed by atoms with E-state index in [9.17, 15) is 14.9 Å². The van der Waals surface area contributed by atoms with Gasteiger partial charge >= 0.3 is 5.97 Å². The number of carbonyl (C=O) groups excluding carboxylic acids is 1. The first-order valence-corrected chi connectivity index (χ1v) is 8.47. The Morgan fingerprint density at radius 3 is 2.80 bits per heavy atom. The molecule has 0 N–H and O–H groups in total. The van der Waals surface area contributed by atoms with Gasteiger partial charge < -0.3 is 13.9 Å². The molecule has 7 nitrogen and oxygen atoms in total. The number of fused-ring (bicyclic) bond motifs is 1. The van der Waals surface area contributed by atoms with Crippen LogP contribution in [0.25, 0.3) is 11.0 Å². The lowest BCUT2D eigenvalue weighted by Gasteiger charge is -2.09. The van der Waals surface area contributed by atoms with E-state index >= 15 is 0 Å². The maximum atomic E-state index is 11.7. The number of hydrogen-bond acceptors (Lipinski definition) is 6. The molecule has 1 aromatic carbocycles. The van der Waals surface area contributed by atoms with E-state index in [4.69, 9.17) is 13.9 Å². The molecular formula is C18H23NO6. The van der Waals surface area contributed by atoms with Crippen LogP contribution >= 0.6 is 0 Å². The predicted molar refractivity (Wildman–Crippen MR) is 92.5 cm³/mol. The Bertz CT molecular complexity index is 723. The molecule has 2 aromatic rings. The van der Waals surface area contributed by atoms with Crippen LogP contribution in [0.4, 0.5) is 0 Å². The summed E-state index contributed by atoms with van der Waals surface area (Å²) in [4.78, 5) is 22.2. The first-order valence-electron chi connectivity index (χ1n) is 8.47. The van der Waals surface area contributed by atoms with Crippen LogP contribution in [0.1, 0.15) is 44.8 Å². The number of benzene rings is 1. The molecule has 0 fully saturated rings. The highest BCUT2D eigenvalue weighted by Gasteiger charge is 2.26. The molecule has 0 aliphatic rings. The van der Waals surface area contributed by atoms with E-state index in [2.05, 4.69) is 6.92 Å². The van der Waals surface area contributed by atoms with Crippen LogP contribution in [0.2, 0.25) is 0 Å². The van der Waals surface area contributed by atoms with E-state index in [1.54, 1.807) is 25.1 Å². The van der Waals surface area contributed by atoms with Crippen molar-refractivity contribution < 1.29 is 23.6 Å². The number of esters is 1. The summed E-state index contributed by atoms with van der Waals surface area (Å²) in [5, 5.41) is 11.7. The third kappa shape index (κ3) is 5.48. The van der Waals surface area contributed by atoms with Gasteiger partial charge in [0.1, 0.15) is 17.1 Å². The second-order valence-electron chi connectivity index (χ2n) is 5.77. The normalized spacial score (nSPS) is 12.1. The number of furan rings is 1. The first-order chi connectivity index (χ1) is 12.0. The third-order valence-electron chi connectivity index (χ3n) is 3.76. The summed E-state index contributed by atoms with van der Waals surface area (Å²) >= 11 is 0. The van der Waals surface area contributed by atoms with Crippen molar-refractivity contribution in [1.82, 2.24) is 0 Å². The number of rotatable bonds is 10. The van der Waals surface area contributed by atoms with E-state index in [0.29, 0.717) is 18.0 Å². The monoisotopic (exact) mass is 349 g/mol. The van der Waals surface area contributed by atoms with E-state index in [-0.39, 0.29) is 13.0 Å². The zero-order valence-corrected chi connectivity index (χ0v) is 14.5. The molecule has 7 heteroatoms. The summed E-state index contributed by atoms with van der Waals surface area (Å²) in [6, 6.07) is 7.15. The summed E-state index contributed by atoms with van der Waals surface area (Å²) in [7, 11) is 0. The molecule has 1 atom stereocenters. The minimum Gasteiger partial charge on any atom is -0.494 e. The van der Waals surface area contributed by atoms with Gasteiger partial charge in [0.2, 0.25) is 6.54 Å². The highest BCUT2D eigenvalue weighted by molar-refractivity contribution is 5.80. The lowest BCUT2D eigenvalue weighted by Crippen LogP contribution is -2.17. The lowest BCUT2D eigenvalue weighted by molar-refractivity contribution is -0.483. The molecule has 0 spiro atoms. The van der Waals surface area contributed by atoms with Gasteiger partial charge in [-0.15, -0.1) is 0 Å². The molecule has 2 rings (SSSR count). The van der Waals surface area contributed by atoms with Crippen molar-refractivity contribution >= 4 is 16.9 Å². The molecule has 0 saturated carbocycles. The van der Waals surface area contributed by atoms with Crippen molar-refractivity contribution in [2.75, 3.05) is 19.8 Å². The molecule has 0 saturated heterocycles. The minimum atomic E-state index is -0.661.